The molecule has 0 radical (unpaired) electrons. The van der Waals surface area contributed by atoms with Crippen LogP contribution in [0.1, 0.15) is 51.4 Å². The average molecular weight is 299 g/mol. The fourth-order valence-corrected chi connectivity index (χ4v) is 7.26. The molecule has 0 aromatic heterocycles. The number of hydrogen-bond acceptors (Lipinski definition) is 2. The minimum absolute atomic E-state index is 0.392. The molecule has 0 bridgehead atoms. The zero-order chi connectivity index (χ0) is 11.4. The van der Waals surface area contributed by atoms with E-state index < -0.39 is 0 Å². The van der Waals surface area contributed by atoms with Gasteiger partial charge in [0.05, 0.1) is 0 Å². The first-order valence-corrected chi connectivity index (χ1v) is 9.52. The van der Waals surface area contributed by atoms with Crippen molar-refractivity contribution in [2.75, 3.05) is 0 Å². The average Bonchev–Trinajstić information content (AvgIpc) is 2.30. The highest BCUT2D eigenvalue weighted by Crippen LogP contribution is 2.44. The van der Waals surface area contributed by atoms with E-state index >= 15 is 0 Å². The summed E-state index contributed by atoms with van der Waals surface area (Å²) in [7, 11) is 4.03. The number of hydrogen-bond donors (Lipinski definition) is 0. The van der Waals surface area contributed by atoms with Crippen LogP contribution in [0, 0.1) is 0 Å². The highest BCUT2D eigenvalue weighted by Gasteiger charge is 2.28. The zero-order valence-corrected chi connectivity index (χ0v) is 12.7. The zero-order valence-electron chi connectivity index (χ0n) is 9.54. The maximum Gasteiger partial charge on any atom is 0.0463 e. The van der Waals surface area contributed by atoms with Crippen molar-refractivity contribution < 1.29 is 0 Å². The van der Waals surface area contributed by atoms with Gasteiger partial charge in [-0.05, 0) is 25.7 Å². The van der Waals surface area contributed by atoms with Gasteiger partial charge in [-0.1, -0.05) is 47.3 Å². The van der Waals surface area contributed by atoms with Gasteiger partial charge in [0.15, 0.2) is 0 Å². The van der Waals surface area contributed by atoms with Crippen molar-refractivity contribution in [2.45, 2.75) is 72.6 Å². The van der Waals surface area contributed by atoms with E-state index in [0.29, 0.717) is 21.3 Å². The lowest BCUT2D eigenvalue weighted by Gasteiger charge is -2.30. The van der Waals surface area contributed by atoms with Crippen molar-refractivity contribution in [1.29, 1.82) is 0 Å². The summed E-state index contributed by atoms with van der Waals surface area (Å²) in [6.45, 7) is 0. The van der Waals surface area contributed by atoms with Gasteiger partial charge in [0.1, 0.15) is 0 Å². The molecule has 2 fully saturated rings. The number of rotatable bonds is 3. The molecule has 0 aliphatic heterocycles. The van der Waals surface area contributed by atoms with Gasteiger partial charge in [0.2, 0.25) is 0 Å². The molecule has 2 saturated carbocycles. The number of alkyl halides is 2. The first-order valence-electron chi connectivity index (χ1n) is 6.37. The van der Waals surface area contributed by atoms with Gasteiger partial charge < -0.3 is 0 Å². The largest absolute Gasteiger partial charge is 0.122 e. The van der Waals surface area contributed by atoms with Crippen molar-refractivity contribution in [3.63, 3.8) is 0 Å². The molecule has 0 nitrogen and oxygen atoms in total. The van der Waals surface area contributed by atoms with Crippen molar-refractivity contribution in [3.05, 3.63) is 0 Å². The Kier molecular flexibility index (Phi) is 6.01. The monoisotopic (exact) mass is 298 g/mol. The highest BCUT2D eigenvalue weighted by molar-refractivity contribution is 8.77. The van der Waals surface area contributed by atoms with Crippen molar-refractivity contribution in [1.82, 2.24) is 0 Å². The van der Waals surface area contributed by atoms with Gasteiger partial charge >= 0.3 is 0 Å². The van der Waals surface area contributed by atoms with E-state index in [1.165, 1.54) is 51.4 Å². The summed E-state index contributed by atoms with van der Waals surface area (Å²) in [5, 5.41) is 2.10. The Morgan fingerprint density at radius 2 is 1.00 bits per heavy atom. The molecule has 0 heterocycles. The van der Waals surface area contributed by atoms with Crippen LogP contribution >= 0.6 is 44.8 Å². The van der Waals surface area contributed by atoms with E-state index in [-0.39, 0.29) is 0 Å². The Hall–Kier alpha value is 1.28. The standard InChI is InChI=1S/C12H20Cl2S2/c13-9-5-1-3-7-11(9)15-16-12-8-4-2-6-10(12)14/h9-12H,1-8H2. The van der Waals surface area contributed by atoms with Crippen LogP contribution in [-0.4, -0.2) is 21.3 Å². The minimum Gasteiger partial charge on any atom is -0.122 e. The molecule has 4 unspecified atom stereocenters. The molecule has 94 valence electrons. The third-order valence-corrected chi connectivity index (χ3v) is 8.44. The van der Waals surface area contributed by atoms with Crippen molar-refractivity contribution >= 4 is 44.8 Å². The summed E-state index contributed by atoms with van der Waals surface area (Å²) >= 11 is 12.7. The smallest absolute Gasteiger partial charge is 0.0463 e. The third-order valence-electron chi connectivity index (χ3n) is 3.55. The number of halogens is 2. The molecule has 0 aromatic rings. The molecule has 0 amide bonds. The predicted octanol–water partition coefficient (Wildman–Crippen LogP) is 5.47. The van der Waals surface area contributed by atoms with E-state index in [1.807, 2.05) is 21.6 Å². The van der Waals surface area contributed by atoms with Crippen molar-refractivity contribution in [3.8, 4) is 0 Å². The molecule has 4 heteroatoms. The molecule has 4 atom stereocenters. The second-order valence-electron chi connectivity index (χ2n) is 4.87. The van der Waals surface area contributed by atoms with Gasteiger partial charge in [0, 0.05) is 21.3 Å². The third kappa shape index (κ3) is 3.90. The lowest BCUT2D eigenvalue weighted by molar-refractivity contribution is 0.521. The fourth-order valence-electron chi connectivity index (χ4n) is 2.46. The van der Waals surface area contributed by atoms with Crippen LogP contribution in [0.5, 0.6) is 0 Å². The van der Waals surface area contributed by atoms with Crippen LogP contribution in [0.2, 0.25) is 0 Å². The Bertz CT molecular complexity index is 191. The minimum atomic E-state index is 0.392. The molecule has 0 saturated heterocycles. The summed E-state index contributed by atoms with van der Waals surface area (Å²) in [5.41, 5.74) is 0. The Labute approximate surface area is 117 Å². The van der Waals surface area contributed by atoms with Crippen LogP contribution in [-0.2, 0) is 0 Å². The SMILES string of the molecule is ClC1CCCCC1SSC1CCCCC1Cl. The molecule has 2 rings (SSSR count). The van der Waals surface area contributed by atoms with E-state index in [9.17, 15) is 0 Å². The van der Waals surface area contributed by atoms with Gasteiger partial charge in [-0.3, -0.25) is 0 Å². The quantitative estimate of drug-likeness (QED) is 0.501. The molecule has 0 N–H and O–H groups in total. The molecule has 16 heavy (non-hydrogen) atoms. The molecule has 2 aliphatic carbocycles. The normalized spacial score (nSPS) is 40.9. The summed E-state index contributed by atoms with van der Waals surface area (Å²) in [6, 6.07) is 0. The molecule has 2 aliphatic rings. The van der Waals surface area contributed by atoms with E-state index in [0.717, 1.165) is 0 Å². The van der Waals surface area contributed by atoms with Crippen molar-refractivity contribution in [2.24, 2.45) is 0 Å². The highest BCUT2D eigenvalue weighted by atomic mass is 35.5. The fraction of sp³-hybridized carbons (Fsp3) is 1.00. The van der Waals surface area contributed by atoms with Crippen LogP contribution < -0.4 is 0 Å². The second kappa shape index (κ2) is 7.01. The maximum atomic E-state index is 6.37. The predicted molar refractivity (Wildman–Crippen MR) is 79.0 cm³/mol. The molecular formula is C12H20Cl2S2. The Morgan fingerprint density at radius 1 is 0.625 bits per heavy atom. The molecule has 0 aromatic carbocycles. The Balaban J connectivity index is 1.72. The summed E-state index contributed by atoms with van der Waals surface area (Å²) < 4.78 is 0. The lowest BCUT2D eigenvalue weighted by Crippen LogP contribution is -2.24. The van der Waals surface area contributed by atoms with Gasteiger partial charge in [-0.15, -0.1) is 23.2 Å². The Morgan fingerprint density at radius 3 is 1.38 bits per heavy atom. The molecular weight excluding hydrogens is 279 g/mol. The van der Waals surface area contributed by atoms with E-state index in [2.05, 4.69) is 0 Å². The lowest BCUT2D eigenvalue weighted by atomic mass is 10.00. The van der Waals surface area contributed by atoms with Crippen LogP contribution in [0.3, 0.4) is 0 Å². The first-order chi connectivity index (χ1) is 7.77. The van der Waals surface area contributed by atoms with Crippen LogP contribution in [0.25, 0.3) is 0 Å². The molecule has 0 spiro atoms. The van der Waals surface area contributed by atoms with Crippen LogP contribution in [0.15, 0.2) is 0 Å². The summed E-state index contributed by atoms with van der Waals surface area (Å²) in [5.74, 6) is 0. The second-order valence-corrected chi connectivity index (χ2v) is 8.74. The van der Waals surface area contributed by atoms with E-state index in [1.54, 1.807) is 0 Å². The maximum absolute atomic E-state index is 6.37. The van der Waals surface area contributed by atoms with Crippen LogP contribution in [0.4, 0.5) is 0 Å². The van der Waals surface area contributed by atoms with Gasteiger partial charge in [-0.25, -0.2) is 0 Å². The topological polar surface area (TPSA) is 0 Å². The van der Waals surface area contributed by atoms with Gasteiger partial charge in [0.25, 0.3) is 0 Å². The summed E-state index contributed by atoms with van der Waals surface area (Å²) in [6.07, 6.45) is 10.3. The first kappa shape index (κ1) is 13.7. The van der Waals surface area contributed by atoms with Gasteiger partial charge in [-0.2, -0.15) is 0 Å². The summed E-state index contributed by atoms with van der Waals surface area (Å²) in [4.78, 5) is 0. The van der Waals surface area contributed by atoms with E-state index in [4.69, 9.17) is 23.2 Å².